The number of furan rings is 1. The van der Waals surface area contributed by atoms with Crippen LogP contribution in [0.3, 0.4) is 0 Å². The summed E-state index contributed by atoms with van der Waals surface area (Å²) in [5.74, 6) is 2.97. The molecule has 3 aromatic rings. The normalized spacial score (nSPS) is 11.1. The fourth-order valence-corrected chi connectivity index (χ4v) is 2.38. The first-order valence-electron chi connectivity index (χ1n) is 7.21. The van der Waals surface area contributed by atoms with Gasteiger partial charge in [-0.1, -0.05) is 12.1 Å². The standard InChI is InChI=1S/C19H18O4/c1-20-15-8-6-14-11-16(23-18(14)12-15)7-4-13-5-9-17(21-2)19(10-13)22-3/h4-12H,1-3H3/b7-4+. The van der Waals surface area contributed by atoms with E-state index < -0.39 is 0 Å². The third-order valence-corrected chi connectivity index (χ3v) is 3.59. The van der Waals surface area contributed by atoms with Crippen molar-refractivity contribution in [2.45, 2.75) is 0 Å². The van der Waals surface area contributed by atoms with Crippen molar-refractivity contribution in [1.82, 2.24) is 0 Å². The molecule has 23 heavy (non-hydrogen) atoms. The van der Waals surface area contributed by atoms with Crippen LogP contribution in [0.1, 0.15) is 11.3 Å². The topological polar surface area (TPSA) is 40.8 Å². The van der Waals surface area contributed by atoms with Crippen molar-refractivity contribution >= 4 is 23.1 Å². The summed E-state index contributed by atoms with van der Waals surface area (Å²) in [6.45, 7) is 0. The zero-order valence-electron chi connectivity index (χ0n) is 13.3. The fraction of sp³-hybridized carbons (Fsp3) is 0.158. The Balaban J connectivity index is 1.87. The molecule has 0 aliphatic heterocycles. The highest BCUT2D eigenvalue weighted by atomic mass is 16.5. The summed E-state index contributed by atoms with van der Waals surface area (Å²) in [7, 11) is 4.88. The van der Waals surface area contributed by atoms with Gasteiger partial charge in [0.25, 0.3) is 0 Å². The Labute approximate surface area is 134 Å². The molecule has 0 unspecified atom stereocenters. The van der Waals surface area contributed by atoms with Crippen LogP contribution in [0.25, 0.3) is 23.1 Å². The summed E-state index contributed by atoms with van der Waals surface area (Å²) in [5.41, 5.74) is 1.80. The number of hydrogen-bond acceptors (Lipinski definition) is 4. The quantitative estimate of drug-likeness (QED) is 0.689. The molecule has 0 aliphatic rings. The Kier molecular flexibility index (Phi) is 4.24. The van der Waals surface area contributed by atoms with Crippen LogP contribution in [0, 0.1) is 0 Å². The van der Waals surface area contributed by atoms with Gasteiger partial charge in [0.1, 0.15) is 17.1 Å². The van der Waals surface area contributed by atoms with E-state index in [1.807, 2.05) is 54.6 Å². The van der Waals surface area contributed by atoms with Gasteiger partial charge >= 0.3 is 0 Å². The average molecular weight is 310 g/mol. The van der Waals surface area contributed by atoms with Gasteiger partial charge in [0.15, 0.2) is 11.5 Å². The van der Waals surface area contributed by atoms with E-state index in [0.29, 0.717) is 11.5 Å². The van der Waals surface area contributed by atoms with E-state index in [1.165, 1.54) is 0 Å². The van der Waals surface area contributed by atoms with Gasteiger partial charge in [-0.3, -0.25) is 0 Å². The van der Waals surface area contributed by atoms with Gasteiger partial charge < -0.3 is 18.6 Å². The molecule has 0 aliphatic carbocycles. The Hall–Kier alpha value is -2.88. The van der Waals surface area contributed by atoms with E-state index in [2.05, 4.69) is 0 Å². The molecule has 0 fully saturated rings. The molecule has 0 radical (unpaired) electrons. The lowest BCUT2D eigenvalue weighted by Crippen LogP contribution is -1.90. The van der Waals surface area contributed by atoms with Gasteiger partial charge in [-0.25, -0.2) is 0 Å². The molecule has 1 aromatic heterocycles. The summed E-state index contributed by atoms with van der Waals surface area (Å²) in [6.07, 6.45) is 3.89. The predicted octanol–water partition coefficient (Wildman–Crippen LogP) is 4.63. The van der Waals surface area contributed by atoms with Crippen molar-refractivity contribution in [3.63, 3.8) is 0 Å². The maximum absolute atomic E-state index is 5.81. The van der Waals surface area contributed by atoms with Crippen LogP contribution in [0.5, 0.6) is 17.2 Å². The van der Waals surface area contributed by atoms with Crippen molar-refractivity contribution < 1.29 is 18.6 Å². The minimum Gasteiger partial charge on any atom is -0.497 e. The molecule has 1 heterocycles. The molecule has 118 valence electrons. The van der Waals surface area contributed by atoms with E-state index in [0.717, 1.165) is 28.0 Å². The van der Waals surface area contributed by atoms with E-state index >= 15 is 0 Å². The average Bonchev–Trinajstić information content (AvgIpc) is 3.01. The third-order valence-electron chi connectivity index (χ3n) is 3.59. The van der Waals surface area contributed by atoms with Crippen LogP contribution in [0.15, 0.2) is 46.9 Å². The molecule has 0 N–H and O–H groups in total. The number of hydrogen-bond donors (Lipinski definition) is 0. The number of ether oxygens (including phenoxy) is 3. The number of methoxy groups -OCH3 is 3. The minimum atomic E-state index is 0.698. The summed E-state index contributed by atoms with van der Waals surface area (Å²) in [4.78, 5) is 0. The van der Waals surface area contributed by atoms with Crippen LogP contribution >= 0.6 is 0 Å². The maximum Gasteiger partial charge on any atom is 0.161 e. The lowest BCUT2D eigenvalue weighted by molar-refractivity contribution is 0.355. The molecule has 0 spiro atoms. The molecule has 0 atom stereocenters. The largest absolute Gasteiger partial charge is 0.497 e. The Morgan fingerprint density at radius 2 is 1.61 bits per heavy atom. The van der Waals surface area contributed by atoms with Crippen molar-refractivity contribution in [3.8, 4) is 17.2 Å². The third kappa shape index (κ3) is 3.16. The predicted molar refractivity (Wildman–Crippen MR) is 91.2 cm³/mol. The summed E-state index contributed by atoms with van der Waals surface area (Å²) in [6, 6.07) is 13.5. The fourth-order valence-electron chi connectivity index (χ4n) is 2.38. The lowest BCUT2D eigenvalue weighted by atomic mass is 10.1. The molecule has 0 saturated carbocycles. The van der Waals surface area contributed by atoms with Crippen LogP contribution in [0.4, 0.5) is 0 Å². The SMILES string of the molecule is COc1ccc2cc(/C=C/c3ccc(OC)c(OC)c3)oc2c1. The van der Waals surface area contributed by atoms with Gasteiger partial charge in [0.2, 0.25) is 0 Å². The van der Waals surface area contributed by atoms with E-state index in [4.69, 9.17) is 18.6 Å². The molecular formula is C19H18O4. The van der Waals surface area contributed by atoms with E-state index in [-0.39, 0.29) is 0 Å². The highest BCUT2D eigenvalue weighted by Gasteiger charge is 2.04. The lowest BCUT2D eigenvalue weighted by Gasteiger charge is -2.07. The first kappa shape index (κ1) is 15.0. The Morgan fingerprint density at radius 1 is 0.783 bits per heavy atom. The zero-order chi connectivity index (χ0) is 16.2. The summed E-state index contributed by atoms with van der Waals surface area (Å²) >= 11 is 0. The number of benzene rings is 2. The second kappa shape index (κ2) is 6.48. The molecular weight excluding hydrogens is 292 g/mol. The molecule has 0 bridgehead atoms. The van der Waals surface area contributed by atoms with Crippen LogP contribution in [-0.2, 0) is 0 Å². The van der Waals surface area contributed by atoms with Gasteiger partial charge in [-0.05, 0) is 42.0 Å². The van der Waals surface area contributed by atoms with Crippen molar-refractivity contribution in [3.05, 3.63) is 53.8 Å². The number of fused-ring (bicyclic) bond motifs is 1. The zero-order valence-corrected chi connectivity index (χ0v) is 13.3. The van der Waals surface area contributed by atoms with Crippen molar-refractivity contribution in [1.29, 1.82) is 0 Å². The molecule has 4 nitrogen and oxygen atoms in total. The summed E-state index contributed by atoms with van der Waals surface area (Å²) < 4.78 is 21.6. The highest BCUT2D eigenvalue weighted by molar-refractivity contribution is 5.83. The molecule has 0 amide bonds. The van der Waals surface area contributed by atoms with E-state index in [9.17, 15) is 0 Å². The van der Waals surface area contributed by atoms with Crippen LogP contribution < -0.4 is 14.2 Å². The van der Waals surface area contributed by atoms with Crippen LogP contribution in [0.2, 0.25) is 0 Å². The highest BCUT2D eigenvalue weighted by Crippen LogP contribution is 2.29. The van der Waals surface area contributed by atoms with Gasteiger partial charge in [-0.2, -0.15) is 0 Å². The molecule has 3 rings (SSSR count). The smallest absolute Gasteiger partial charge is 0.161 e. The Morgan fingerprint density at radius 3 is 2.35 bits per heavy atom. The molecule has 0 saturated heterocycles. The first-order chi connectivity index (χ1) is 11.2. The van der Waals surface area contributed by atoms with Crippen molar-refractivity contribution in [2.24, 2.45) is 0 Å². The maximum atomic E-state index is 5.81. The van der Waals surface area contributed by atoms with Crippen LogP contribution in [-0.4, -0.2) is 21.3 Å². The Bertz CT molecular complexity index is 846. The van der Waals surface area contributed by atoms with Gasteiger partial charge in [0.05, 0.1) is 21.3 Å². The van der Waals surface area contributed by atoms with Crippen molar-refractivity contribution in [2.75, 3.05) is 21.3 Å². The molecule has 2 aromatic carbocycles. The first-order valence-corrected chi connectivity index (χ1v) is 7.21. The summed E-state index contributed by atoms with van der Waals surface area (Å²) in [5, 5.41) is 1.04. The van der Waals surface area contributed by atoms with Gasteiger partial charge in [0, 0.05) is 11.5 Å². The second-order valence-corrected chi connectivity index (χ2v) is 5.00. The van der Waals surface area contributed by atoms with Gasteiger partial charge in [-0.15, -0.1) is 0 Å². The second-order valence-electron chi connectivity index (χ2n) is 5.00. The van der Waals surface area contributed by atoms with E-state index in [1.54, 1.807) is 21.3 Å². The number of rotatable bonds is 5. The minimum absolute atomic E-state index is 0.698. The monoisotopic (exact) mass is 310 g/mol. The molecule has 4 heteroatoms.